The van der Waals surface area contributed by atoms with Crippen LogP contribution in [0.5, 0.6) is 0 Å². The van der Waals surface area contributed by atoms with Gasteiger partial charge in [-0.2, -0.15) is 0 Å². The van der Waals surface area contributed by atoms with Crippen molar-refractivity contribution in [3.63, 3.8) is 0 Å². The molecule has 0 radical (unpaired) electrons. The first-order valence-corrected chi connectivity index (χ1v) is 5.63. The summed E-state index contributed by atoms with van der Waals surface area (Å²) in [6.45, 7) is 0.772. The summed E-state index contributed by atoms with van der Waals surface area (Å²) < 4.78 is 0. The molecule has 0 aliphatic carbocycles. The summed E-state index contributed by atoms with van der Waals surface area (Å²) in [6.07, 6.45) is 4.40. The third kappa shape index (κ3) is 3.87. The summed E-state index contributed by atoms with van der Waals surface area (Å²) in [5.41, 5.74) is 6.59. The number of hydrogen-bond acceptors (Lipinski definition) is 1. The predicted octanol–water partition coefficient (Wildman–Crippen LogP) is 3.66. The molecule has 0 heterocycles. The maximum atomic E-state index is 6.03. The zero-order chi connectivity index (χ0) is 10.4. The number of benzene rings is 1. The topological polar surface area (TPSA) is 26.0 Å². The van der Waals surface area contributed by atoms with Crippen molar-refractivity contribution in [1.29, 1.82) is 0 Å². The van der Waals surface area contributed by atoms with E-state index in [9.17, 15) is 0 Å². The number of unbranched alkanes of at least 4 members (excludes halogenated alkanes) is 2. The third-order valence-electron chi connectivity index (χ3n) is 2.17. The van der Waals surface area contributed by atoms with Crippen molar-refractivity contribution >= 4 is 23.2 Å². The molecule has 3 heteroatoms. The number of aryl methyl sites for hydroxylation is 1. The molecule has 1 rings (SSSR count). The molecule has 1 nitrogen and oxygen atoms in total. The fraction of sp³-hybridized carbons (Fsp3) is 0.455. The Morgan fingerprint density at radius 1 is 1.07 bits per heavy atom. The minimum absolute atomic E-state index is 0.695. The average Bonchev–Trinajstić information content (AvgIpc) is 2.15. The van der Waals surface area contributed by atoms with Gasteiger partial charge in [0.15, 0.2) is 0 Å². The Labute approximate surface area is 95.2 Å². The van der Waals surface area contributed by atoms with Crippen LogP contribution in [-0.4, -0.2) is 6.54 Å². The number of halogens is 2. The van der Waals surface area contributed by atoms with Gasteiger partial charge in [-0.25, -0.2) is 0 Å². The fourth-order valence-corrected chi connectivity index (χ4v) is 1.86. The van der Waals surface area contributed by atoms with Crippen molar-refractivity contribution in [2.24, 2.45) is 5.73 Å². The Bertz CT molecular complexity index is 287. The largest absolute Gasteiger partial charge is 0.330 e. The highest BCUT2D eigenvalue weighted by Crippen LogP contribution is 2.22. The zero-order valence-corrected chi connectivity index (χ0v) is 9.61. The van der Waals surface area contributed by atoms with E-state index in [0.717, 1.165) is 37.3 Å². The first-order valence-electron chi connectivity index (χ1n) is 4.88. The smallest absolute Gasteiger partial charge is 0.0452 e. The van der Waals surface area contributed by atoms with Gasteiger partial charge in [0.2, 0.25) is 0 Å². The molecule has 2 N–H and O–H groups in total. The van der Waals surface area contributed by atoms with E-state index in [4.69, 9.17) is 28.9 Å². The minimum atomic E-state index is 0.695. The van der Waals surface area contributed by atoms with Gasteiger partial charge >= 0.3 is 0 Å². The van der Waals surface area contributed by atoms with Crippen LogP contribution in [0.1, 0.15) is 24.8 Å². The molecule has 1 aromatic carbocycles. The Morgan fingerprint density at radius 3 is 2.50 bits per heavy atom. The molecule has 1 aromatic rings. The van der Waals surface area contributed by atoms with Crippen LogP contribution in [0.3, 0.4) is 0 Å². The molecule has 78 valence electrons. The number of rotatable bonds is 5. The van der Waals surface area contributed by atoms with Crippen LogP contribution in [-0.2, 0) is 6.42 Å². The predicted molar refractivity (Wildman–Crippen MR) is 63.1 cm³/mol. The lowest BCUT2D eigenvalue weighted by atomic mass is 10.1. The highest BCUT2D eigenvalue weighted by molar-refractivity contribution is 6.35. The molecular weight excluding hydrogens is 217 g/mol. The maximum absolute atomic E-state index is 6.03. The third-order valence-corrected chi connectivity index (χ3v) is 2.75. The molecule has 0 aromatic heterocycles. The Kier molecular flexibility index (Phi) is 5.31. The van der Waals surface area contributed by atoms with Crippen molar-refractivity contribution < 1.29 is 0 Å². The molecule has 0 aliphatic heterocycles. The summed E-state index contributed by atoms with van der Waals surface area (Å²) in [5, 5.41) is 1.46. The van der Waals surface area contributed by atoms with Crippen molar-refractivity contribution in [2.75, 3.05) is 6.54 Å². The molecule has 0 bridgehead atoms. The second kappa shape index (κ2) is 6.28. The van der Waals surface area contributed by atoms with E-state index in [1.807, 2.05) is 12.1 Å². The Hall–Kier alpha value is -0.240. The quantitative estimate of drug-likeness (QED) is 0.770. The normalized spacial score (nSPS) is 10.5. The first kappa shape index (κ1) is 11.8. The highest BCUT2D eigenvalue weighted by Gasteiger charge is 2.00. The monoisotopic (exact) mass is 231 g/mol. The summed E-state index contributed by atoms with van der Waals surface area (Å²) in [7, 11) is 0. The SMILES string of the molecule is NCCCCCc1ccc(Cl)cc1Cl. The second-order valence-corrected chi connectivity index (χ2v) is 4.18. The van der Waals surface area contributed by atoms with Crippen molar-refractivity contribution in [3.8, 4) is 0 Å². The van der Waals surface area contributed by atoms with Gasteiger partial charge in [0.1, 0.15) is 0 Å². The van der Waals surface area contributed by atoms with Gasteiger partial charge in [-0.05, 0) is 43.5 Å². The highest BCUT2D eigenvalue weighted by atomic mass is 35.5. The molecule has 0 spiro atoms. The molecule has 0 saturated carbocycles. The van der Waals surface area contributed by atoms with E-state index in [1.165, 1.54) is 5.56 Å². The lowest BCUT2D eigenvalue weighted by Gasteiger charge is -2.04. The Morgan fingerprint density at radius 2 is 1.86 bits per heavy atom. The maximum Gasteiger partial charge on any atom is 0.0452 e. The van der Waals surface area contributed by atoms with E-state index in [-0.39, 0.29) is 0 Å². The summed E-state index contributed by atoms with van der Waals surface area (Å²) >= 11 is 11.8. The molecular formula is C11H15Cl2N. The molecule has 0 fully saturated rings. The van der Waals surface area contributed by atoms with Gasteiger partial charge in [0.05, 0.1) is 0 Å². The van der Waals surface area contributed by atoms with Crippen LogP contribution < -0.4 is 5.73 Å². The molecule has 14 heavy (non-hydrogen) atoms. The van der Waals surface area contributed by atoms with Crippen molar-refractivity contribution in [1.82, 2.24) is 0 Å². The van der Waals surface area contributed by atoms with Crippen LogP contribution in [0.4, 0.5) is 0 Å². The second-order valence-electron chi connectivity index (χ2n) is 3.34. The standard InChI is InChI=1S/C11H15Cl2N/c12-10-6-5-9(11(13)8-10)4-2-1-3-7-14/h5-6,8H,1-4,7,14H2. The lowest BCUT2D eigenvalue weighted by molar-refractivity contribution is 0.686. The average molecular weight is 232 g/mol. The van der Waals surface area contributed by atoms with E-state index in [1.54, 1.807) is 6.07 Å². The Balaban J connectivity index is 2.42. The summed E-state index contributed by atoms with van der Waals surface area (Å²) in [4.78, 5) is 0. The fourth-order valence-electron chi connectivity index (χ4n) is 1.36. The van der Waals surface area contributed by atoms with Crippen LogP contribution in [0.2, 0.25) is 10.0 Å². The first-order chi connectivity index (χ1) is 6.74. The van der Waals surface area contributed by atoms with Gasteiger partial charge in [-0.3, -0.25) is 0 Å². The van der Waals surface area contributed by atoms with E-state index < -0.39 is 0 Å². The van der Waals surface area contributed by atoms with E-state index >= 15 is 0 Å². The minimum Gasteiger partial charge on any atom is -0.330 e. The van der Waals surface area contributed by atoms with Gasteiger partial charge in [-0.1, -0.05) is 35.7 Å². The van der Waals surface area contributed by atoms with Crippen LogP contribution in [0, 0.1) is 0 Å². The molecule has 0 aliphatic rings. The van der Waals surface area contributed by atoms with Crippen molar-refractivity contribution in [3.05, 3.63) is 33.8 Å². The van der Waals surface area contributed by atoms with E-state index in [0.29, 0.717) is 5.02 Å². The molecule has 0 amide bonds. The van der Waals surface area contributed by atoms with E-state index in [2.05, 4.69) is 0 Å². The lowest BCUT2D eigenvalue weighted by Crippen LogP contribution is -1.98. The zero-order valence-electron chi connectivity index (χ0n) is 8.10. The van der Waals surface area contributed by atoms with Gasteiger partial charge < -0.3 is 5.73 Å². The summed E-state index contributed by atoms with van der Waals surface area (Å²) in [5.74, 6) is 0. The molecule has 0 atom stereocenters. The van der Waals surface area contributed by atoms with Crippen LogP contribution >= 0.6 is 23.2 Å². The van der Waals surface area contributed by atoms with Crippen LogP contribution in [0.15, 0.2) is 18.2 Å². The number of nitrogens with two attached hydrogens (primary N) is 1. The molecule has 0 saturated heterocycles. The van der Waals surface area contributed by atoms with Crippen LogP contribution in [0.25, 0.3) is 0 Å². The van der Waals surface area contributed by atoms with Gasteiger partial charge in [-0.15, -0.1) is 0 Å². The van der Waals surface area contributed by atoms with Crippen molar-refractivity contribution in [2.45, 2.75) is 25.7 Å². The van der Waals surface area contributed by atoms with Gasteiger partial charge in [0.25, 0.3) is 0 Å². The molecule has 0 unspecified atom stereocenters. The number of hydrogen-bond donors (Lipinski definition) is 1. The summed E-state index contributed by atoms with van der Waals surface area (Å²) in [6, 6.07) is 5.67. The van der Waals surface area contributed by atoms with Gasteiger partial charge in [0, 0.05) is 10.0 Å².